The van der Waals surface area contributed by atoms with Gasteiger partial charge in [-0.1, -0.05) is 22.9 Å². The number of carbonyl (C=O) groups is 1. The number of aryl methyl sites for hydroxylation is 3. The number of ether oxygens (including phenoxy) is 1. The monoisotopic (exact) mass is 341 g/mol. The van der Waals surface area contributed by atoms with Crippen LogP contribution in [0, 0.1) is 20.8 Å². The van der Waals surface area contributed by atoms with Crippen molar-refractivity contribution in [1.29, 1.82) is 0 Å². The molecular weight excluding hydrogens is 318 g/mol. The third-order valence-electron chi connectivity index (χ3n) is 4.33. The fraction of sp³-hybridized carbons (Fsp3) is 0.421. The second-order valence-electron chi connectivity index (χ2n) is 6.46. The van der Waals surface area contributed by atoms with Crippen molar-refractivity contribution in [2.75, 3.05) is 6.61 Å². The molecule has 132 valence electrons. The highest BCUT2D eigenvalue weighted by molar-refractivity contribution is 6.09. The Morgan fingerprint density at radius 3 is 2.56 bits per heavy atom. The van der Waals surface area contributed by atoms with Gasteiger partial charge in [-0.15, -0.1) is 0 Å². The van der Waals surface area contributed by atoms with E-state index in [-0.39, 0.29) is 12.7 Å². The number of hydrogen-bond donors (Lipinski definition) is 0. The van der Waals surface area contributed by atoms with Crippen LogP contribution in [0.5, 0.6) is 0 Å². The highest BCUT2D eigenvalue weighted by Gasteiger charge is 2.43. The maximum absolute atomic E-state index is 12.5. The van der Waals surface area contributed by atoms with Gasteiger partial charge in [0.15, 0.2) is 6.10 Å². The quantitative estimate of drug-likeness (QED) is 0.827. The summed E-state index contributed by atoms with van der Waals surface area (Å²) in [6, 6.07) is 3.76. The summed E-state index contributed by atoms with van der Waals surface area (Å²) in [6.45, 7) is 10.1. The highest BCUT2D eigenvalue weighted by atomic mass is 16.6. The minimum atomic E-state index is -0.502. The zero-order valence-electron chi connectivity index (χ0n) is 15.2. The molecule has 25 heavy (non-hydrogen) atoms. The first kappa shape index (κ1) is 17.2. The summed E-state index contributed by atoms with van der Waals surface area (Å²) in [5, 5.41) is 9.98. The van der Waals surface area contributed by atoms with E-state index in [0.717, 1.165) is 22.3 Å². The standard InChI is InChI=1S/C19H23N3O3/c1-6-24-19(23)22-18-15(9-12(3)10-20-22)25-21-17(18)16-13(4)7-11(2)8-14(16)5/h7-10,15,18H,6H2,1-5H3/t15-,18+/m1/s1. The summed E-state index contributed by atoms with van der Waals surface area (Å²) in [4.78, 5) is 18.1. The van der Waals surface area contributed by atoms with Gasteiger partial charge in [-0.05, 0) is 57.4 Å². The molecule has 6 heteroatoms. The molecule has 1 amide bonds. The van der Waals surface area contributed by atoms with Crippen molar-refractivity contribution >= 4 is 18.0 Å². The Kier molecular flexibility index (Phi) is 4.61. The molecule has 2 atom stereocenters. The van der Waals surface area contributed by atoms with Crippen LogP contribution in [0.3, 0.4) is 0 Å². The Labute approximate surface area is 147 Å². The maximum atomic E-state index is 12.5. The number of nitrogens with zero attached hydrogens (tertiary/aromatic N) is 3. The molecule has 0 bridgehead atoms. The van der Waals surface area contributed by atoms with Crippen molar-refractivity contribution in [3.63, 3.8) is 0 Å². The average Bonchev–Trinajstić information content (AvgIpc) is 2.82. The molecule has 0 spiro atoms. The number of hydrogen-bond acceptors (Lipinski definition) is 5. The smallest absolute Gasteiger partial charge is 0.431 e. The molecule has 1 aromatic rings. The normalized spacial score (nSPS) is 21.9. The lowest BCUT2D eigenvalue weighted by molar-refractivity contribution is 0.0561. The summed E-state index contributed by atoms with van der Waals surface area (Å²) < 4.78 is 5.18. The molecule has 0 radical (unpaired) electrons. The fourth-order valence-corrected chi connectivity index (χ4v) is 3.42. The predicted molar refractivity (Wildman–Crippen MR) is 97.0 cm³/mol. The van der Waals surface area contributed by atoms with Crippen LogP contribution in [0.4, 0.5) is 4.79 Å². The van der Waals surface area contributed by atoms with Crippen molar-refractivity contribution in [1.82, 2.24) is 5.01 Å². The van der Waals surface area contributed by atoms with E-state index in [1.165, 1.54) is 10.6 Å². The van der Waals surface area contributed by atoms with Gasteiger partial charge in [0.25, 0.3) is 0 Å². The van der Waals surface area contributed by atoms with Crippen LogP contribution in [0.1, 0.15) is 36.1 Å². The van der Waals surface area contributed by atoms with Crippen molar-refractivity contribution < 1.29 is 14.4 Å². The second-order valence-corrected chi connectivity index (χ2v) is 6.46. The van der Waals surface area contributed by atoms with E-state index < -0.39 is 12.1 Å². The molecule has 2 aliphatic heterocycles. The first-order valence-corrected chi connectivity index (χ1v) is 8.42. The maximum Gasteiger partial charge on any atom is 0.431 e. The summed E-state index contributed by atoms with van der Waals surface area (Å²) in [7, 11) is 0. The summed E-state index contributed by atoms with van der Waals surface area (Å²) in [6.07, 6.45) is 2.69. The lowest BCUT2D eigenvalue weighted by Crippen LogP contribution is -2.46. The van der Waals surface area contributed by atoms with E-state index in [2.05, 4.69) is 29.3 Å². The van der Waals surface area contributed by atoms with Gasteiger partial charge in [0.2, 0.25) is 0 Å². The number of rotatable bonds is 2. The van der Waals surface area contributed by atoms with Crippen LogP contribution in [0.15, 0.2) is 34.0 Å². The van der Waals surface area contributed by atoms with E-state index in [9.17, 15) is 4.79 Å². The van der Waals surface area contributed by atoms with Crippen LogP contribution in [0.2, 0.25) is 0 Å². The van der Waals surface area contributed by atoms with Gasteiger partial charge in [0.05, 0.1) is 12.8 Å². The van der Waals surface area contributed by atoms with Gasteiger partial charge in [-0.3, -0.25) is 0 Å². The Balaban J connectivity index is 2.08. The summed E-state index contributed by atoms with van der Waals surface area (Å²) >= 11 is 0. The highest BCUT2D eigenvalue weighted by Crippen LogP contribution is 2.30. The van der Waals surface area contributed by atoms with Crippen LogP contribution < -0.4 is 0 Å². The first-order chi connectivity index (χ1) is 11.9. The number of amides is 1. The van der Waals surface area contributed by atoms with Crippen LogP contribution >= 0.6 is 0 Å². The zero-order chi connectivity index (χ0) is 18.1. The van der Waals surface area contributed by atoms with Crippen molar-refractivity contribution in [3.05, 3.63) is 46.0 Å². The molecule has 0 unspecified atom stereocenters. The third-order valence-corrected chi connectivity index (χ3v) is 4.33. The second kappa shape index (κ2) is 6.70. The predicted octanol–water partition coefficient (Wildman–Crippen LogP) is 3.49. The Bertz CT molecular complexity index is 772. The molecule has 0 saturated carbocycles. The number of fused-ring (bicyclic) bond motifs is 1. The zero-order valence-corrected chi connectivity index (χ0v) is 15.2. The Hall–Kier alpha value is -2.63. The van der Waals surface area contributed by atoms with Crippen molar-refractivity contribution in [2.45, 2.75) is 46.8 Å². The van der Waals surface area contributed by atoms with Crippen LogP contribution in [-0.2, 0) is 9.57 Å². The molecule has 0 saturated heterocycles. The van der Waals surface area contributed by atoms with Gasteiger partial charge in [-0.25, -0.2) is 4.79 Å². The number of allylic oxidation sites excluding steroid dienone is 1. The molecule has 6 nitrogen and oxygen atoms in total. The summed E-state index contributed by atoms with van der Waals surface area (Å²) in [5.74, 6) is 0. The molecule has 0 aliphatic carbocycles. The molecule has 2 aliphatic rings. The van der Waals surface area contributed by atoms with E-state index in [1.54, 1.807) is 13.1 Å². The first-order valence-electron chi connectivity index (χ1n) is 8.42. The molecule has 0 aromatic heterocycles. The topological polar surface area (TPSA) is 63.5 Å². The SMILES string of the molecule is CCOC(=O)N1N=CC(C)=C[C@H]2ON=C(c3c(C)cc(C)cc3C)[C@H]21. The molecule has 1 aromatic carbocycles. The summed E-state index contributed by atoms with van der Waals surface area (Å²) in [5.41, 5.74) is 5.99. The average molecular weight is 341 g/mol. The Morgan fingerprint density at radius 1 is 1.24 bits per heavy atom. The number of carbonyl (C=O) groups excluding carboxylic acids is 1. The molecule has 0 N–H and O–H groups in total. The molecule has 3 rings (SSSR count). The fourth-order valence-electron chi connectivity index (χ4n) is 3.42. The number of oxime groups is 1. The van der Waals surface area contributed by atoms with Gasteiger partial charge in [0, 0.05) is 5.56 Å². The molecule has 2 heterocycles. The minimum absolute atomic E-state index is 0.282. The van der Waals surface area contributed by atoms with Crippen molar-refractivity contribution in [3.8, 4) is 0 Å². The van der Waals surface area contributed by atoms with Crippen LogP contribution in [-0.4, -0.2) is 41.8 Å². The van der Waals surface area contributed by atoms with Gasteiger partial charge >= 0.3 is 6.09 Å². The Morgan fingerprint density at radius 2 is 1.92 bits per heavy atom. The number of hydrazone groups is 1. The van der Waals surface area contributed by atoms with Gasteiger partial charge in [-0.2, -0.15) is 10.1 Å². The van der Waals surface area contributed by atoms with Crippen LogP contribution in [0.25, 0.3) is 0 Å². The molecule has 0 fully saturated rings. The van der Waals surface area contributed by atoms with E-state index in [4.69, 9.17) is 9.57 Å². The minimum Gasteiger partial charge on any atom is -0.448 e. The van der Waals surface area contributed by atoms with Gasteiger partial charge in [0.1, 0.15) is 11.8 Å². The van der Waals surface area contributed by atoms with Gasteiger partial charge < -0.3 is 9.57 Å². The van der Waals surface area contributed by atoms with E-state index in [1.807, 2.05) is 26.8 Å². The molecular formula is C19H23N3O3. The largest absolute Gasteiger partial charge is 0.448 e. The van der Waals surface area contributed by atoms with Crippen molar-refractivity contribution in [2.24, 2.45) is 10.3 Å². The van der Waals surface area contributed by atoms with E-state index in [0.29, 0.717) is 5.71 Å². The third kappa shape index (κ3) is 3.16. The number of benzene rings is 1. The van der Waals surface area contributed by atoms with E-state index >= 15 is 0 Å². The lowest BCUT2D eigenvalue weighted by Gasteiger charge is -2.26. The lowest BCUT2D eigenvalue weighted by atomic mass is 9.90.